The van der Waals surface area contributed by atoms with Crippen LogP contribution in [0.25, 0.3) is 5.69 Å². The maximum atomic E-state index is 12.8. The van der Waals surface area contributed by atoms with Gasteiger partial charge in [0.05, 0.1) is 12.9 Å². The highest BCUT2D eigenvalue weighted by atomic mass is 16.5. The molecule has 6 nitrogen and oxygen atoms in total. The molecule has 0 aliphatic rings. The molecule has 0 atom stereocenters. The van der Waals surface area contributed by atoms with Crippen LogP contribution >= 0.6 is 0 Å². The van der Waals surface area contributed by atoms with E-state index in [-0.39, 0.29) is 12.2 Å². The Morgan fingerprint density at radius 2 is 1.79 bits per heavy atom. The number of carboxylic acid groups (broad SMARTS) is 1. The summed E-state index contributed by atoms with van der Waals surface area (Å²) in [6.45, 7) is 2.45. The van der Waals surface area contributed by atoms with E-state index in [0.29, 0.717) is 24.2 Å². The summed E-state index contributed by atoms with van der Waals surface area (Å²) in [4.78, 5) is 27.3. The van der Waals surface area contributed by atoms with Crippen molar-refractivity contribution in [3.8, 4) is 11.4 Å². The number of aromatic nitrogens is 2. The zero-order valence-corrected chi connectivity index (χ0v) is 16.4. The monoisotopic (exact) mass is 392 g/mol. The Balaban J connectivity index is 1.57. The third-order valence-corrected chi connectivity index (χ3v) is 4.66. The molecule has 0 spiro atoms. The van der Waals surface area contributed by atoms with Gasteiger partial charge in [0, 0.05) is 35.6 Å². The maximum Gasteiger partial charge on any atom is 0.303 e. The first-order valence-corrected chi connectivity index (χ1v) is 9.63. The van der Waals surface area contributed by atoms with Gasteiger partial charge in [-0.3, -0.25) is 9.59 Å². The van der Waals surface area contributed by atoms with Crippen LogP contribution in [0.4, 0.5) is 0 Å². The molecular weight excluding hydrogens is 368 g/mol. The number of rotatable bonds is 10. The average Bonchev–Trinajstić information content (AvgIpc) is 3.26. The highest BCUT2D eigenvalue weighted by Gasteiger charge is 2.11. The van der Waals surface area contributed by atoms with E-state index in [1.807, 2.05) is 54.1 Å². The lowest BCUT2D eigenvalue weighted by Crippen LogP contribution is -2.04. The summed E-state index contributed by atoms with van der Waals surface area (Å²) < 4.78 is 7.66. The van der Waals surface area contributed by atoms with Gasteiger partial charge in [-0.1, -0.05) is 0 Å². The fourth-order valence-electron chi connectivity index (χ4n) is 3.05. The van der Waals surface area contributed by atoms with E-state index in [1.54, 1.807) is 18.6 Å². The second-order valence-corrected chi connectivity index (χ2v) is 6.88. The fraction of sp³-hybridized carbons (Fsp3) is 0.261. The first-order chi connectivity index (χ1) is 14.0. The minimum Gasteiger partial charge on any atom is -0.493 e. The molecule has 0 saturated carbocycles. The molecule has 3 rings (SSSR count). The van der Waals surface area contributed by atoms with Gasteiger partial charge in [0.25, 0.3) is 0 Å². The molecule has 150 valence electrons. The van der Waals surface area contributed by atoms with E-state index in [2.05, 4.69) is 4.98 Å². The Hall–Kier alpha value is -3.41. The highest BCUT2D eigenvalue weighted by molar-refractivity contribution is 6.09. The minimum absolute atomic E-state index is 0.0366. The number of aryl methyl sites for hydroxylation is 1. The van der Waals surface area contributed by atoms with Gasteiger partial charge in [0.15, 0.2) is 5.78 Å². The van der Waals surface area contributed by atoms with Crippen LogP contribution in [-0.2, 0) is 4.79 Å². The topological polar surface area (TPSA) is 81.4 Å². The number of hydrogen-bond donors (Lipinski definition) is 1. The van der Waals surface area contributed by atoms with Crippen molar-refractivity contribution < 1.29 is 19.4 Å². The molecule has 0 unspecified atom stereocenters. The lowest BCUT2D eigenvalue weighted by molar-refractivity contribution is -0.137. The van der Waals surface area contributed by atoms with Crippen LogP contribution in [-0.4, -0.2) is 33.0 Å². The lowest BCUT2D eigenvalue weighted by Gasteiger charge is -2.11. The summed E-state index contributed by atoms with van der Waals surface area (Å²) in [6, 6.07) is 12.8. The van der Waals surface area contributed by atoms with E-state index in [9.17, 15) is 9.59 Å². The molecule has 1 aromatic heterocycles. The summed E-state index contributed by atoms with van der Waals surface area (Å²) in [6.07, 6.45) is 7.75. The van der Waals surface area contributed by atoms with Crippen LogP contribution in [0.3, 0.4) is 0 Å². The molecule has 29 heavy (non-hydrogen) atoms. The van der Waals surface area contributed by atoms with Gasteiger partial charge in [-0.25, -0.2) is 4.98 Å². The lowest BCUT2D eigenvalue weighted by atomic mass is 10.0. The van der Waals surface area contributed by atoms with Gasteiger partial charge in [-0.2, -0.15) is 0 Å². The number of benzene rings is 2. The molecule has 1 heterocycles. The standard InChI is InChI=1S/C23H24N2O4/c1-17-15-19(8-11-21(17)29-14-4-2-3-5-22(26)27)23(28)18-6-9-20(10-7-18)25-13-12-24-16-25/h6-13,15-16H,2-5,14H2,1H3,(H,26,27). The van der Waals surface area contributed by atoms with Crippen molar-refractivity contribution in [1.29, 1.82) is 0 Å². The van der Waals surface area contributed by atoms with Crippen LogP contribution < -0.4 is 4.74 Å². The summed E-state index contributed by atoms with van der Waals surface area (Å²) in [7, 11) is 0. The van der Waals surface area contributed by atoms with Gasteiger partial charge in [-0.15, -0.1) is 0 Å². The van der Waals surface area contributed by atoms with Gasteiger partial charge in [-0.05, 0) is 74.2 Å². The quantitative estimate of drug-likeness (QED) is 0.408. The fourth-order valence-corrected chi connectivity index (χ4v) is 3.05. The van der Waals surface area contributed by atoms with Crippen molar-refractivity contribution in [2.45, 2.75) is 32.6 Å². The van der Waals surface area contributed by atoms with E-state index in [1.165, 1.54) is 0 Å². The predicted molar refractivity (Wildman–Crippen MR) is 110 cm³/mol. The second kappa shape index (κ2) is 9.68. The zero-order valence-electron chi connectivity index (χ0n) is 16.4. The molecule has 0 aliphatic carbocycles. The zero-order chi connectivity index (χ0) is 20.6. The molecule has 0 aliphatic heterocycles. The number of imidazole rings is 1. The van der Waals surface area contributed by atoms with Gasteiger partial charge in [0.1, 0.15) is 5.75 Å². The Labute approximate surface area is 169 Å². The van der Waals surface area contributed by atoms with E-state index in [0.717, 1.165) is 29.8 Å². The van der Waals surface area contributed by atoms with Crippen LogP contribution in [0.1, 0.15) is 47.2 Å². The first-order valence-electron chi connectivity index (χ1n) is 9.63. The summed E-state index contributed by atoms with van der Waals surface area (Å²) in [5.41, 5.74) is 3.09. The summed E-state index contributed by atoms with van der Waals surface area (Å²) in [5, 5.41) is 8.63. The van der Waals surface area contributed by atoms with E-state index < -0.39 is 5.97 Å². The number of aliphatic carboxylic acids is 1. The number of carbonyl (C=O) groups is 2. The normalized spacial score (nSPS) is 10.7. The molecule has 6 heteroatoms. The van der Waals surface area contributed by atoms with Crippen LogP contribution in [0, 0.1) is 6.92 Å². The van der Waals surface area contributed by atoms with Crippen molar-refractivity contribution in [1.82, 2.24) is 9.55 Å². The van der Waals surface area contributed by atoms with Gasteiger partial charge in [0.2, 0.25) is 0 Å². The first kappa shape index (κ1) is 20.3. The SMILES string of the molecule is Cc1cc(C(=O)c2ccc(-n3ccnc3)cc2)ccc1OCCCCCC(=O)O. The molecule has 3 aromatic rings. The molecule has 1 N–H and O–H groups in total. The number of unbranched alkanes of at least 4 members (excludes halogenated alkanes) is 2. The highest BCUT2D eigenvalue weighted by Crippen LogP contribution is 2.22. The predicted octanol–water partition coefficient (Wildman–Crippen LogP) is 4.44. The van der Waals surface area contributed by atoms with Crippen LogP contribution in [0.15, 0.2) is 61.2 Å². The molecular formula is C23H24N2O4. The number of ether oxygens (including phenoxy) is 1. The Morgan fingerprint density at radius 1 is 1.03 bits per heavy atom. The molecule has 0 fully saturated rings. The average molecular weight is 392 g/mol. The molecule has 0 radical (unpaired) electrons. The number of carbonyl (C=O) groups excluding carboxylic acids is 1. The second-order valence-electron chi connectivity index (χ2n) is 6.88. The Bertz CT molecular complexity index is 963. The van der Waals surface area contributed by atoms with Crippen molar-refractivity contribution >= 4 is 11.8 Å². The van der Waals surface area contributed by atoms with Crippen molar-refractivity contribution in [3.63, 3.8) is 0 Å². The largest absolute Gasteiger partial charge is 0.493 e. The number of nitrogens with zero attached hydrogens (tertiary/aromatic N) is 2. The molecule has 0 saturated heterocycles. The number of ketones is 1. The Morgan fingerprint density at radius 3 is 2.45 bits per heavy atom. The van der Waals surface area contributed by atoms with Crippen LogP contribution in [0.5, 0.6) is 5.75 Å². The van der Waals surface area contributed by atoms with E-state index in [4.69, 9.17) is 9.84 Å². The molecule has 0 amide bonds. The minimum atomic E-state index is -0.765. The number of hydrogen-bond acceptors (Lipinski definition) is 4. The van der Waals surface area contributed by atoms with Gasteiger partial charge >= 0.3 is 5.97 Å². The smallest absolute Gasteiger partial charge is 0.303 e. The van der Waals surface area contributed by atoms with Crippen molar-refractivity contribution in [3.05, 3.63) is 77.9 Å². The number of carboxylic acids is 1. The third-order valence-electron chi connectivity index (χ3n) is 4.66. The summed E-state index contributed by atoms with van der Waals surface area (Å²) >= 11 is 0. The van der Waals surface area contributed by atoms with Crippen LogP contribution in [0.2, 0.25) is 0 Å². The molecule has 2 aromatic carbocycles. The third kappa shape index (κ3) is 5.54. The van der Waals surface area contributed by atoms with Crippen molar-refractivity contribution in [2.75, 3.05) is 6.61 Å². The summed E-state index contributed by atoms with van der Waals surface area (Å²) in [5.74, 6) is -0.0564. The molecule has 0 bridgehead atoms. The van der Waals surface area contributed by atoms with Crippen molar-refractivity contribution in [2.24, 2.45) is 0 Å². The van der Waals surface area contributed by atoms with E-state index >= 15 is 0 Å². The van der Waals surface area contributed by atoms with Gasteiger partial charge < -0.3 is 14.4 Å². The Kier molecular flexibility index (Phi) is 6.79. The maximum absolute atomic E-state index is 12.8.